The number of rotatable bonds is 0. The number of hydrogen-bond donors (Lipinski definition) is 7. The summed E-state index contributed by atoms with van der Waals surface area (Å²) in [4.78, 5) is 2.67. The monoisotopic (exact) mass is 263 g/mol. The van der Waals surface area contributed by atoms with Crippen LogP contribution in [0.1, 0.15) is 0 Å². The van der Waals surface area contributed by atoms with E-state index < -0.39 is 28.7 Å². The first-order valence-corrected chi connectivity index (χ1v) is 5.25. The fourth-order valence-corrected chi connectivity index (χ4v) is 2.15. The van der Waals surface area contributed by atoms with Gasteiger partial charge in [-0.1, -0.05) is 0 Å². The number of fused-ring (bicyclic) bond motifs is 3. The quantitative estimate of drug-likeness (QED) is 0.243. The van der Waals surface area contributed by atoms with Crippen LogP contribution in [-0.4, -0.2) is 35.6 Å². The summed E-state index contributed by atoms with van der Waals surface area (Å²) in [6, 6.07) is 2.06. The number of phenols is 6. The van der Waals surface area contributed by atoms with Crippen molar-refractivity contribution in [3.05, 3.63) is 12.1 Å². The summed E-state index contributed by atoms with van der Waals surface area (Å²) in [6.45, 7) is 0. The van der Waals surface area contributed by atoms with Crippen LogP contribution in [0.4, 0.5) is 0 Å². The van der Waals surface area contributed by atoms with E-state index in [9.17, 15) is 30.6 Å². The molecule has 0 saturated heterocycles. The van der Waals surface area contributed by atoms with Crippen LogP contribution in [0.15, 0.2) is 12.1 Å². The number of phenolic OH excluding ortho intramolecular Hbond substituents is 6. The van der Waals surface area contributed by atoms with Gasteiger partial charge in [-0.2, -0.15) is 0 Å². The smallest absolute Gasteiger partial charge is 0.201 e. The van der Waals surface area contributed by atoms with Gasteiger partial charge in [-0.25, -0.2) is 0 Å². The third-order valence-electron chi connectivity index (χ3n) is 3.02. The lowest BCUT2D eigenvalue weighted by molar-refractivity contribution is 0.371. The zero-order valence-electron chi connectivity index (χ0n) is 9.34. The molecule has 0 saturated carbocycles. The maximum absolute atomic E-state index is 9.83. The highest BCUT2D eigenvalue weighted by Gasteiger charge is 2.21. The molecular formula is C12H9NO6. The summed E-state index contributed by atoms with van der Waals surface area (Å²) in [6.07, 6.45) is 0. The molecule has 1 heterocycles. The third-order valence-corrected chi connectivity index (χ3v) is 3.02. The lowest BCUT2D eigenvalue weighted by atomic mass is 10.1. The second-order valence-corrected chi connectivity index (χ2v) is 4.15. The Morgan fingerprint density at radius 3 is 1.95 bits per heavy atom. The third kappa shape index (κ3) is 1.26. The Hall–Kier alpha value is -2.96. The molecule has 98 valence electrons. The van der Waals surface area contributed by atoms with Crippen LogP contribution in [0, 0.1) is 0 Å². The number of nitrogens with one attached hydrogen (secondary N) is 1. The van der Waals surface area contributed by atoms with Crippen LogP contribution >= 0.6 is 0 Å². The summed E-state index contributed by atoms with van der Waals surface area (Å²) < 4.78 is 0. The summed E-state index contributed by atoms with van der Waals surface area (Å²) in [7, 11) is 0. The van der Waals surface area contributed by atoms with Gasteiger partial charge in [-0.05, 0) is 0 Å². The first-order valence-electron chi connectivity index (χ1n) is 5.25. The molecule has 3 aromatic rings. The number of H-pyrrole nitrogens is 1. The molecule has 2 aromatic carbocycles. The second kappa shape index (κ2) is 3.29. The molecule has 0 atom stereocenters. The Kier molecular flexibility index (Phi) is 1.93. The Balaban J connectivity index is 2.67. The molecule has 0 fully saturated rings. The first-order chi connectivity index (χ1) is 8.91. The van der Waals surface area contributed by atoms with Crippen molar-refractivity contribution < 1.29 is 30.6 Å². The van der Waals surface area contributed by atoms with Gasteiger partial charge in [-0.3, -0.25) is 0 Å². The molecule has 0 amide bonds. The molecule has 3 rings (SSSR count). The van der Waals surface area contributed by atoms with Crippen LogP contribution in [0.2, 0.25) is 0 Å². The van der Waals surface area contributed by atoms with Crippen molar-refractivity contribution >= 4 is 21.8 Å². The van der Waals surface area contributed by atoms with Gasteiger partial charge in [0.1, 0.15) is 5.75 Å². The van der Waals surface area contributed by atoms with Gasteiger partial charge < -0.3 is 35.6 Å². The molecule has 0 spiro atoms. The molecule has 7 nitrogen and oxygen atoms in total. The van der Waals surface area contributed by atoms with Crippen LogP contribution in [-0.2, 0) is 0 Å². The molecule has 0 unspecified atom stereocenters. The fraction of sp³-hybridized carbons (Fsp3) is 0. The summed E-state index contributed by atoms with van der Waals surface area (Å²) in [5.41, 5.74) is 0.240. The van der Waals surface area contributed by atoms with E-state index in [0.29, 0.717) is 0 Å². The average molecular weight is 263 g/mol. The fourth-order valence-electron chi connectivity index (χ4n) is 2.15. The zero-order chi connectivity index (χ0) is 13.9. The largest absolute Gasteiger partial charge is 0.506 e. The van der Waals surface area contributed by atoms with Gasteiger partial charge in [-0.15, -0.1) is 0 Å². The van der Waals surface area contributed by atoms with Crippen LogP contribution in [0.25, 0.3) is 21.8 Å². The molecule has 1 aromatic heterocycles. The van der Waals surface area contributed by atoms with E-state index in [2.05, 4.69) is 4.98 Å². The standard InChI is InChI=1S/C12H9NO6/c14-4-2-6(16)10(17)8-7-3(13-9(4)8)1-5(15)11(18)12(7)19/h1-2,13-19H. The van der Waals surface area contributed by atoms with Gasteiger partial charge in [0, 0.05) is 12.1 Å². The van der Waals surface area contributed by atoms with Gasteiger partial charge in [0.2, 0.25) is 5.75 Å². The Labute approximate surface area is 105 Å². The number of aromatic nitrogens is 1. The van der Waals surface area contributed by atoms with Crippen LogP contribution in [0.3, 0.4) is 0 Å². The van der Waals surface area contributed by atoms with Crippen LogP contribution < -0.4 is 0 Å². The van der Waals surface area contributed by atoms with Gasteiger partial charge in [0.25, 0.3) is 0 Å². The molecule has 0 aliphatic heterocycles. The van der Waals surface area contributed by atoms with Crippen molar-refractivity contribution in [1.82, 2.24) is 4.98 Å². The van der Waals surface area contributed by atoms with Crippen molar-refractivity contribution in [2.24, 2.45) is 0 Å². The van der Waals surface area contributed by atoms with E-state index in [-0.39, 0.29) is 27.6 Å². The van der Waals surface area contributed by atoms with Gasteiger partial charge in [0.15, 0.2) is 23.0 Å². The molecule has 0 aliphatic rings. The normalized spacial score (nSPS) is 11.4. The lowest BCUT2D eigenvalue weighted by Gasteiger charge is -2.04. The zero-order valence-corrected chi connectivity index (χ0v) is 9.34. The van der Waals surface area contributed by atoms with Gasteiger partial charge >= 0.3 is 0 Å². The predicted octanol–water partition coefficient (Wildman–Crippen LogP) is 1.55. The number of aromatic hydroxyl groups is 6. The summed E-state index contributed by atoms with van der Waals surface area (Å²) in [5.74, 6) is -3.45. The second-order valence-electron chi connectivity index (χ2n) is 4.15. The minimum Gasteiger partial charge on any atom is -0.506 e. The highest BCUT2D eigenvalue weighted by Crippen LogP contribution is 2.49. The molecule has 7 heteroatoms. The van der Waals surface area contributed by atoms with E-state index >= 15 is 0 Å². The van der Waals surface area contributed by atoms with Crippen molar-refractivity contribution in [2.75, 3.05) is 0 Å². The number of hydrogen-bond acceptors (Lipinski definition) is 6. The van der Waals surface area contributed by atoms with Gasteiger partial charge in [0.05, 0.1) is 21.8 Å². The van der Waals surface area contributed by atoms with E-state index in [1.807, 2.05) is 0 Å². The van der Waals surface area contributed by atoms with E-state index in [1.54, 1.807) is 0 Å². The van der Waals surface area contributed by atoms with E-state index in [4.69, 9.17) is 0 Å². The van der Waals surface area contributed by atoms with E-state index in [1.165, 1.54) is 0 Å². The average Bonchev–Trinajstić information content (AvgIpc) is 2.73. The van der Waals surface area contributed by atoms with Crippen molar-refractivity contribution in [3.8, 4) is 34.5 Å². The Morgan fingerprint density at radius 2 is 1.26 bits per heavy atom. The highest BCUT2D eigenvalue weighted by atomic mass is 16.3. The summed E-state index contributed by atoms with van der Waals surface area (Å²) >= 11 is 0. The van der Waals surface area contributed by atoms with E-state index in [0.717, 1.165) is 12.1 Å². The predicted molar refractivity (Wildman–Crippen MR) is 65.8 cm³/mol. The molecule has 7 N–H and O–H groups in total. The minimum absolute atomic E-state index is 0.0194. The minimum atomic E-state index is -0.754. The number of benzene rings is 2. The Morgan fingerprint density at radius 1 is 0.632 bits per heavy atom. The SMILES string of the molecule is Oc1cc2[nH]c3c(O)cc(O)c(O)c3c2c(O)c1O. The Bertz CT molecular complexity index is 836. The maximum Gasteiger partial charge on any atom is 0.201 e. The van der Waals surface area contributed by atoms with Crippen molar-refractivity contribution in [2.45, 2.75) is 0 Å². The first kappa shape index (κ1) is 11.1. The summed E-state index contributed by atoms with van der Waals surface area (Å²) in [5, 5.41) is 57.6. The maximum atomic E-state index is 9.83. The topological polar surface area (TPSA) is 137 Å². The van der Waals surface area contributed by atoms with Crippen LogP contribution in [0.5, 0.6) is 34.5 Å². The molecule has 19 heavy (non-hydrogen) atoms. The molecule has 0 aliphatic carbocycles. The molecule has 0 radical (unpaired) electrons. The number of aromatic amines is 1. The molecule has 0 bridgehead atoms. The highest BCUT2D eigenvalue weighted by molar-refractivity contribution is 6.16. The van der Waals surface area contributed by atoms with Crippen molar-refractivity contribution in [3.63, 3.8) is 0 Å². The molecular weight excluding hydrogens is 254 g/mol. The van der Waals surface area contributed by atoms with Crippen molar-refractivity contribution in [1.29, 1.82) is 0 Å². The lowest BCUT2D eigenvalue weighted by Crippen LogP contribution is -1.76.